The lowest BCUT2D eigenvalue weighted by Crippen LogP contribution is -2.13. The lowest BCUT2D eigenvalue weighted by atomic mass is 10.2. The molecule has 2 aromatic carbocycles. The number of hydrogen-bond donors (Lipinski definition) is 2. The normalized spacial score (nSPS) is 11.1. The SMILES string of the molecule is O=C(Nc1ccc(S(=O)(=O)Nc2nccs2)cc1)c1cc(OCc2ccccc2)no1. The van der Waals surface area contributed by atoms with Gasteiger partial charge in [0.25, 0.3) is 21.8 Å². The number of nitrogens with zero attached hydrogens (tertiary/aromatic N) is 2. The summed E-state index contributed by atoms with van der Waals surface area (Å²) in [5.41, 5.74) is 1.34. The molecule has 31 heavy (non-hydrogen) atoms. The second kappa shape index (κ2) is 8.98. The fourth-order valence-electron chi connectivity index (χ4n) is 2.52. The molecule has 0 spiro atoms. The standard InChI is InChI=1S/C20H16N4O5S2/c25-19(17-12-18(23-29-17)28-13-14-4-2-1-3-5-14)22-15-6-8-16(9-7-15)31(26,27)24-20-21-10-11-30-20/h1-12H,13H2,(H,21,24)(H,22,25). The van der Waals surface area contributed by atoms with E-state index in [2.05, 4.69) is 20.2 Å². The van der Waals surface area contributed by atoms with Gasteiger partial charge in [-0.25, -0.2) is 13.4 Å². The van der Waals surface area contributed by atoms with Gasteiger partial charge in [0.05, 0.1) is 11.0 Å². The topological polar surface area (TPSA) is 123 Å². The third kappa shape index (κ3) is 5.27. The first-order valence-electron chi connectivity index (χ1n) is 8.97. The number of sulfonamides is 1. The van der Waals surface area contributed by atoms with E-state index >= 15 is 0 Å². The number of carbonyl (C=O) groups is 1. The maximum Gasteiger partial charge on any atom is 0.294 e. The molecule has 0 aliphatic heterocycles. The molecular weight excluding hydrogens is 440 g/mol. The largest absolute Gasteiger partial charge is 0.471 e. The average Bonchev–Trinajstić information content (AvgIpc) is 3.45. The van der Waals surface area contributed by atoms with Crippen molar-refractivity contribution in [2.45, 2.75) is 11.5 Å². The van der Waals surface area contributed by atoms with E-state index in [0.29, 0.717) is 12.3 Å². The first-order valence-corrected chi connectivity index (χ1v) is 11.3. The number of ether oxygens (including phenoxy) is 1. The lowest BCUT2D eigenvalue weighted by molar-refractivity contribution is 0.0987. The van der Waals surface area contributed by atoms with Crippen LogP contribution in [-0.2, 0) is 16.6 Å². The van der Waals surface area contributed by atoms with Gasteiger partial charge in [0, 0.05) is 17.3 Å². The first-order chi connectivity index (χ1) is 15.0. The number of amides is 1. The lowest BCUT2D eigenvalue weighted by Gasteiger charge is -2.07. The Kier molecular flexibility index (Phi) is 5.96. The summed E-state index contributed by atoms with van der Waals surface area (Å²) in [6, 6.07) is 16.6. The highest BCUT2D eigenvalue weighted by Gasteiger charge is 2.17. The van der Waals surface area contributed by atoms with Crippen molar-refractivity contribution < 1.29 is 22.5 Å². The van der Waals surface area contributed by atoms with Gasteiger partial charge in [0.1, 0.15) is 6.61 Å². The average molecular weight is 457 g/mol. The minimum absolute atomic E-state index is 0.0369. The molecule has 0 radical (unpaired) electrons. The molecule has 158 valence electrons. The number of benzene rings is 2. The van der Waals surface area contributed by atoms with Crippen LogP contribution < -0.4 is 14.8 Å². The fourth-order valence-corrected chi connectivity index (χ4v) is 4.31. The van der Waals surface area contributed by atoms with E-state index in [1.54, 1.807) is 5.38 Å². The molecule has 0 bridgehead atoms. The molecule has 4 aromatic rings. The van der Waals surface area contributed by atoms with Crippen LogP contribution in [0, 0.1) is 0 Å². The highest BCUT2D eigenvalue weighted by Crippen LogP contribution is 2.20. The highest BCUT2D eigenvalue weighted by atomic mass is 32.2. The van der Waals surface area contributed by atoms with Crippen LogP contribution in [0.1, 0.15) is 16.1 Å². The van der Waals surface area contributed by atoms with Gasteiger partial charge in [0.2, 0.25) is 5.76 Å². The van der Waals surface area contributed by atoms with Crippen molar-refractivity contribution >= 4 is 38.1 Å². The molecule has 0 aliphatic rings. The van der Waals surface area contributed by atoms with Crippen molar-refractivity contribution in [1.82, 2.24) is 10.1 Å². The van der Waals surface area contributed by atoms with Crippen LogP contribution in [0.4, 0.5) is 10.8 Å². The van der Waals surface area contributed by atoms with Crippen molar-refractivity contribution in [3.05, 3.63) is 83.6 Å². The number of rotatable bonds is 8. The Bertz CT molecular complexity index is 1250. The van der Waals surface area contributed by atoms with E-state index in [-0.39, 0.29) is 21.7 Å². The van der Waals surface area contributed by atoms with E-state index in [4.69, 9.17) is 9.26 Å². The number of anilines is 2. The second-order valence-corrected chi connectivity index (χ2v) is 8.80. The number of carbonyl (C=O) groups excluding carboxylic acids is 1. The summed E-state index contributed by atoms with van der Waals surface area (Å²) in [5.74, 6) is -0.396. The molecule has 2 N–H and O–H groups in total. The zero-order chi connectivity index (χ0) is 21.7. The number of nitrogens with one attached hydrogen (secondary N) is 2. The minimum Gasteiger partial charge on any atom is -0.471 e. The van der Waals surface area contributed by atoms with Crippen molar-refractivity contribution in [2.75, 3.05) is 10.0 Å². The Morgan fingerprint density at radius 3 is 2.58 bits per heavy atom. The summed E-state index contributed by atoms with van der Waals surface area (Å²) >= 11 is 1.17. The minimum atomic E-state index is -3.77. The van der Waals surface area contributed by atoms with Gasteiger partial charge in [-0.3, -0.25) is 9.52 Å². The van der Waals surface area contributed by atoms with E-state index < -0.39 is 15.9 Å². The summed E-state index contributed by atoms with van der Waals surface area (Å²) in [4.78, 5) is 16.3. The van der Waals surface area contributed by atoms with Gasteiger partial charge in [-0.1, -0.05) is 30.3 Å². The van der Waals surface area contributed by atoms with Gasteiger partial charge in [0.15, 0.2) is 5.13 Å². The summed E-state index contributed by atoms with van der Waals surface area (Å²) in [6.45, 7) is 0.291. The molecule has 2 heterocycles. The monoisotopic (exact) mass is 456 g/mol. The van der Waals surface area contributed by atoms with Crippen LogP contribution in [0.5, 0.6) is 5.88 Å². The molecule has 9 nitrogen and oxygen atoms in total. The molecule has 0 atom stereocenters. The first kappa shape index (κ1) is 20.6. The number of thiazole rings is 1. The van der Waals surface area contributed by atoms with E-state index in [9.17, 15) is 13.2 Å². The van der Waals surface area contributed by atoms with Crippen LogP contribution in [0.15, 0.2) is 81.7 Å². The number of hydrogen-bond acceptors (Lipinski definition) is 8. The Labute approximate surface area is 181 Å². The third-order valence-corrected chi connectivity index (χ3v) is 6.19. The molecule has 0 saturated heterocycles. The number of aromatic nitrogens is 2. The van der Waals surface area contributed by atoms with Crippen LogP contribution >= 0.6 is 11.3 Å². The molecular formula is C20H16N4O5S2. The second-order valence-electron chi connectivity index (χ2n) is 6.22. The Balaban J connectivity index is 1.36. The predicted octanol–water partition coefficient (Wildman–Crippen LogP) is 3.76. The predicted molar refractivity (Wildman–Crippen MR) is 115 cm³/mol. The molecule has 0 saturated carbocycles. The zero-order valence-electron chi connectivity index (χ0n) is 15.9. The maximum atomic E-state index is 12.4. The van der Waals surface area contributed by atoms with Crippen LogP contribution in [0.3, 0.4) is 0 Å². The van der Waals surface area contributed by atoms with Gasteiger partial charge in [-0.05, 0) is 35.0 Å². The van der Waals surface area contributed by atoms with Gasteiger partial charge in [-0.2, -0.15) is 0 Å². The molecule has 11 heteroatoms. The Morgan fingerprint density at radius 2 is 1.87 bits per heavy atom. The molecule has 0 fully saturated rings. The van der Waals surface area contributed by atoms with Gasteiger partial charge < -0.3 is 14.6 Å². The van der Waals surface area contributed by atoms with Crippen LogP contribution in [-0.4, -0.2) is 24.5 Å². The molecule has 2 aromatic heterocycles. The van der Waals surface area contributed by atoms with Gasteiger partial charge >= 0.3 is 0 Å². The van der Waals surface area contributed by atoms with E-state index in [1.807, 2.05) is 30.3 Å². The van der Waals surface area contributed by atoms with Gasteiger partial charge in [-0.15, -0.1) is 11.3 Å². The van der Waals surface area contributed by atoms with Crippen LogP contribution in [0.2, 0.25) is 0 Å². The molecule has 0 aliphatic carbocycles. The van der Waals surface area contributed by atoms with E-state index in [1.165, 1.54) is 47.9 Å². The summed E-state index contributed by atoms with van der Waals surface area (Å²) in [6.07, 6.45) is 1.50. The molecule has 1 amide bonds. The third-order valence-electron chi connectivity index (χ3n) is 4.02. The Morgan fingerprint density at radius 1 is 1.10 bits per heavy atom. The quantitative estimate of drug-likeness (QED) is 0.414. The van der Waals surface area contributed by atoms with Crippen molar-refractivity contribution in [1.29, 1.82) is 0 Å². The van der Waals surface area contributed by atoms with Crippen LogP contribution in [0.25, 0.3) is 0 Å². The summed E-state index contributed by atoms with van der Waals surface area (Å²) in [7, 11) is -3.77. The van der Waals surface area contributed by atoms with E-state index in [0.717, 1.165) is 5.56 Å². The maximum absolute atomic E-state index is 12.4. The van der Waals surface area contributed by atoms with Crippen molar-refractivity contribution in [3.8, 4) is 5.88 Å². The molecule has 0 unspecified atom stereocenters. The highest BCUT2D eigenvalue weighted by molar-refractivity contribution is 7.93. The smallest absolute Gasteiger partial charge is 0.294 e. The van der Waals surface area contributed by atoms with Crippen molar-refractivity contribution in [2.24, 2.45) is 0 Å². The summed E-state index contributed by atoms with van der Waals surface area (Å²) in [5, 5.41) is 8.28. The summed E-state index contributed by atoms with van der Waals surface area (Å²) < 4.78 is 37.6. The van der Waals surface area contributed by atoms with Crippen molar-refractivity contribution in [3.63, 3.8) is 0 Å². The fraction of sp³-hybridized carbons (Fsp3) is 0.0500. The Hall–Kier alpha value is -3.70. The zero-order valence-corrected chi connectivity index (χ0v) is 17.5. The molecule has 4 rings (SSSR count).